The van der Waals surface area contributed by atoms with Crippen molar-refractivity contribution in [2.24, 2.45) is 0 Å². The fraction of sp³-hybridized carbons (Fsp3) is 0.444. The molecule has 2 radical (unpaired) electrons. The molecule has 4 aliphatic rings. The Balaban J connectivity index is 0.00000321. The van der Waals surface area contributed by atoms with Crippen molar-refractivity contribution in [3.63, 3.8) is 0 Å². The summed E-state index contributed by atoms with van der Waals surface area (Å²) in [5.41, 5.74) is 0.545. The molecule has 8 rings (SSSR count). The molecule has 22 nitrogen and oxygen atoms in total. The zero-order valence-electron chi connectivity index (χ0n) is 34.4. The van der Waals surface area contributed by atoms with E-state index in [0.29, 0.717) is 129 Å². The average Bonchev–Trinajstić information content (AvgIpc) is 3.26. The predicted octanol–water partition coefficient (Wildman–Crippen LogP) is 0.792. The molecule has 0 saturated carbocycles. The summed E-state index contributed by atoms with van der Waals surface area (Å²) in [6.45, 7) is 8.65. The Morgan fingerprint density at radius 3 is 1.00 bits per heavy atom. The molecule has 4 aliphatic heterocycles. The summed E-state index contributed by atoms with van der Waals surface area (Å²) in [6.07, 6.45) is 2.63. The minimum Gasteiger partial charge on any atom is -0.378 e. The number of rotatable bonds is 12. The maximum absolute atomic E-state index is 12.7. The number of ether oxygens (including phenoxy) is 4. The van der Waals surface area contributed by atoms with Gasteiger partial charge >= 0.3 is 0 Å². The van der Waals surface area contributed by atoms with Gasteiger partial charge in [0.25, 0.3) is 20.2 Å². The Bertz CT molecular complexity index is 2200. The van der Waals surface area contributed by atoms with E-state index in [9.17, 15) is 25.9 Å². The Kier molecular flexibility index (Phi) is 16.7. The van der Waals surface area contributed by atoms with Crippen molar-refractivity contribution >= 4 is 139 Å². The van der Waals surface area contributed by atoms with Gasteiger partial charge in [0.2, 0.25) is 35.7 Å². The second kappa shape index (κ2) is 21.6. The number of aromatic nitrogens is 6. The van der Waals surface area contributed by atoms with Crippen LogP contribution in [0.3, 0.4) is 0 Å². The molecule has 0 unspecified atom stereocenters. The van der Waals surface area contributed by atoms with Crippen LogP contribution in [0.1, 0.15) is 11.1 Å². The Morgan fingerprint density at radius 1 is 0.468 bits per heavy atom. The number of nitrogens with one attached hydrogen (secondary N) is 2. The van der Waals surface area contributed by atoms with Crippen molar-refractivity contribution < 1.29 is 44.9 Å². The number of benzene rings is 2. The van der Waals surface area contributed by atoms with Crippen LogP contribution in [0.15, 0.2) is 46.2 Å². The van der Waals surface area contributed by atoms with Gasteiger partial charge in [0, 0.05) is 123 Å². The molecule has 2 aromatic heterocycles. The second-order valence-electron chi connectivity index (χ2n) is 14.0. The fourth-order valence-corrected chi connectivity index (χ4v) is 8.24. The van der Waals surface area contributed by atoms with E-state index in [1.807, 2.05) is 19.6 Å². The maximum Gasteiger partial charge on any atom is 0.295 e. The number of hydrogen-bond donors (Lipinski definition) is 4. The zero-order valence-corrected chi connectivity index (χ0v) is 40.0. The van der Waals surface area contributed by atoms with Crippen LogP contribution in [-0.2, 0) is 39.2 Å². The van der Waals surface area contributed by atoms with E-state index in [0.717, 1.165) is 0 Å². The summed E-state index contributed by atoms with van der Waals surface area (Å²) < 4.78 is 93.5. The topological polar surface area (TPSA) is 260 Å². The third-order valence-corrected chi connectivity index (χ3v) is 11.8. The normalized spacial score (nSPS) is 17.6. The van der Waals surface area contributed by atoms with Gasteiger partial charge in [-0.2, -0.15) is 46.7 Å². The van der Waals surface area contributed by atoms with Crippen molar-refractivity contribution in [1.29, 1.82) is 0 Å². The monoisotopic (exact) mass is 914 g/mol. The molecule has 6 heterocycles. The summed E-state index contributed by atoms with van der Waals surface area (Å²) in [5, 5.41) is 6.10. The predicted molar refractivity (Wildman–Crippen MR) is 231 cm³/mol. The Labute approximate surface area is 402 Å². The Morgan fingerprint density at radius 2 is 0.742 bits per heavy atom. The van der Waals surface area contributed by atoms with E-state index < -0.39 is 30.0 Å². The fourth-order valence-electron chi connectivity index (χ4n) is 6.82. The van der Waals surface area contributed by atoms with Gasteiger partial charge in [0.05, 0.1) is 52.9 Å². The van der Waals surface area contributed by atoms with E-state index in [2.05, 4.69) is 40.5 Å². The largest absolute Gasteiger partial charge is 0.378 e. The standard InChI is InChI=1S/C36H44N12O10S2.2Na/c49-59(50,51)29-23-27(37-31-39-33(45-7-15-55-16-8-45)43-34(40-31)46-9-17-56-18-10-46)5-3-25(29)1-2-26-4-6-28(24-30(26)60(52,53)54)38-32-41-35(47-11-19-57-20-12-47)44-36(42-32)48-13-21-58-22-14-48;;/h1-6,23-24H,7-22H2,(H,49,50,51)(H,52,53,54)(H,37,39,40,43)(H,38,41,42,44);;. The summed E-state index contributed by atoms with van der Waals surface area (Å²) >= 11 is 0. The van der Waals surface area contributed by atoms with Gasteiger partial charge in [-0.05, 0) is 35.4 Å². The smallest absolute Gasteiger partial charge is 0.295 e. The van der Waals surface area contributed by atoms with Crippen LogP contribution in [0.25, 0.3) is 12.2 Å². The van der Waals surface area contributed by atoms with Crippen LogP contribution < -0.4 is 30.2 Å². The molecule has 62 heavy (non-hydrogen) atoms. The first-order chi connectivity index (χ1) is 29.0. The summed E-state index contributed by atoms with van der Waals surface area (Å²) in [5.74, 6) is 1.99. The number of anilines is 8. The molecule has 0 bridgehead atoms. The van der Waals surface area contributed by atoms with Gasteiger partial charge in [-0.25, -0.2) is 0 Å². The van der Waals surface area contributed by atoms with E-state index in [-0.39, 0.29) is 93.5 Å². The number of hydrogen-bond acceptors (Lipinski definition) is 20. The van der Waals surface area contributed by atoms with Crippen molar-refractivity contribution in [3.8, 4) is 0 Å². The van der Waals surface area contributed by atoms with E-state index in [1.165, 1.54) is 36.4 Å². The molecule has 0 spiro atoms. The molecule has 322 valence electrons. The van der Waals surface area contributed by atoms with Crippen LogP contribution in [0.2, 0.25) is 0 Å². The van der Waals surface area contributed by atoms with Crippen LogP contribution in [0, 0.1) is 0 Å². The van der Waals surface area contributed by atoms with E-state index in [4.69, 9.17) is 18.9 Å². The van der Waals surface area contributed by atoms with Crippen molar-refractivity contribution in [3.05, 3.63) is 47.5 Å². The minimum atomic E-state index is -4.81. The third-order valence-electron chi connectivity index (χ3n) is 9.94. The zero-order chi connectivity index (χ0) is 41.7. The third kappa shape index (κ3) is 12.3. The van der Waals surface area contributed by atoms with E-state index in [1.54, 1.807) is 12.1 Å². The van der Waals surface area contributed by atoms with Gasteiger partial charge in [0.15, 0.2) is 0 Å². The number of morpholine rings is 4. The van der Waals surface area contributed by atoms with Gasteiger partial charge in [-0.15, -0.1) is 0 Å². The molecular weight excluding hydrogens is 871 g/mol. The van der Waals surface area contributed by atoms with Crippen molar-refractivity contribution in [2.45, 2.75) is 9.79 Å². The maximum atomic E-state index is 12.7. The van der Waals surface area contributed by atoms with Crippen molar-refractivity contribution in [2.75, 3.05) is 135 Å². The molecule has 0 amide bonds. The summed E-state index contributed by atoms with van der Waals surface area (Å²) in [6, 6.07) is 8.39. The first kappa shape index (κ1) is 48.1. The molecule has 4 N–H and O–H groups in total. The molecule has 2 aromatic carbocycles. The summed E-state index contributed by atoms with van der Waals surface area (Å²) in [4.78, 5) is 34.7. The van der Waals surface area contributed by atoms with E-state index >= 15 is 0 Å². The SMILES string of the molecule is O=S(=O)(O)c1cc(Nc2nc(N3CCOCC3)nc(N3CCOCC3)n2)ccc1C=Cc1ccc(Nc2nc(N3CCOCC3)nc(N3CCOCC3)n2)cc1S(=O)(=O)O.[Na].[Na]. The van der Waals surface area contributed by atoms with Crippen LogP contribution >= 0.6 is 0 Å². The summed E-state index contributed by atoms with van der Waals surface area (Å²) in [7, 11) is -9.63. The molecule has 4 aromatic rings. The first-order valence-electron chi connectivity index (χ1n) is 19.2. The molecule has 4 fully saturated rings. The Hall–Kier alpha value is -3.34. The van der Waals surface area contributed by atoms with Gasteiger partial charge < -0.3 is 49.2 Å². The van der Waals surface area contributed by atoms with Gasteiger partial charge in [0.1, 0.15) is 9.79 Å². The average molecular weight is 915 g/mol. The second-order valence-corrected chi connectivity index (χ2v) is 16.7. The van der Waals surface area contributed by atoms with Gasteiger partial charge in [-0.3, -0.25) is 9.11 Å². The van der Waals surface area contributed by atoms with Crippen molar-refractivity contribution in [1.82, 2.24) is 29.9 Å². The molecule has 26 heteroatoms. The van der Waals surface area contributed by atoms with Crippen LogP contribution in [0.4, 0.5) is 47.1 Å². The quantitative estimate of drug-likeness (QED) is 0.0870. The van der Waals surface area contributed by atoms with Crippen LogP contribution in [0.5, 0.6) is 0 Å². The van der Waals surface area contributed by atoms with Crippen LogP contribution in [-0.4, -0.2) is 220 Å². The molecule has 4 saturated heterocycles. The molecule has 0 aliphatic carbocycles. The minimum absolute atomic E-state index is 0. The number of nitrogens with zero attached hydrogens (tertiary/aromatic N) is 10. The first-order valence-corrected chi connectivity index (χ1v) is 22.1. The van der Waals surface area contributed by atoms with Gasteiger partial charge in [-0.1, -0.05) is 24.3 Å². The molecule has 0 atom stereocenters. The molecular formula is C36H44N12Na2O10S2.